The highest BCUT2D eigenvalue weighted by molar-refractivity contribution is 9.09. The Morgan fingerprint density at radius 2 is 2.55 bits per heavy atom. The highest BCUT2D eigenvalue weighted by Gasteiger charge is 2.16. The molecule has 0 aliphatic heterocycles. The molecule has 0 radical (unpaired) electrons. The van der Waals surface area contributed by atoms with Gasteiger partial charge in [0, 0.05) is 16.7 Å². The van der Waals surface area contributed by atoms with E-state index in [1.165, 1.54) is 0 Å². The van der Waals surface area contributed by atoms with Crippen LogP contribution in [0.3, 0.4) is 0 Å². The van der Waals surface area contributed by atoms with Crippen LogP contribution in [0, 0.1) is 10.1 Å². The quantitative estimate of drug-likeness (QED) is 0.403. The normalized spacial score (nSPS) is 23.0. The topological polar surface area (TPSA) is 43.1 Å². The van der Waals surface area contributed by atoms with E-state index in [0.29, 0.717) is 6.42 Å². The fourth-order valence-electron chi connectivity index (χ4n) is 0.909. The first-order valence-electron chi connectivity index (χ1n) is 3.30. The molecule has 1 atom stereocenters. The van der Waals surface area contributed by atoms with Crippen LogP contribution >= 0.6 is 15.9 Å². The maximum atomic E-state index is 10.3. The van der Waals surface area contributed by atoms with Crippen LogP contribution in [0.2, 0.25) is 0 Å². The summed E-state index contributed by atoms with van der Waals surface area (Å²) in [6.45, 7) is 0. The van der Waals surface area contributed by atoms with Crippen molar-refractivity contribution in [1.82, 2.24) is 0 Å². The first kappa shape index (κ1) is 8.46. The largest absolute Gasteiger partial charge is 0.264 e. The summed E-state index contributed by atoms with van der Waals surface area (Å²) in [7, 11) is 0. The Bertz CT molecular complexity index is 222. The standard InChI is InChI=1S/C7H8BrNO2/c8-5-6-1-3-7(4-2-6)9(10)11/h1-3,7H,4-5H2. The first-order valence-corrected chi connectivity index (χ1v) is 4.43. The summed E-state index contributed by atoms with van der Waals surface area (Å²) in [5.74, 6) is 0. The number of hydrogen-bond acceptors (Lipinski definition) is 2. The molecular weight excluding hydrogens is 210 g/mol. The van der Waals surface area contributed by atoms with E-state index in [9.17, 15) is 10.1 Å². The SMILES string of the molecule is O=[N+]([O-])C1C=CC(CBr)=CC1. The lowest BCUT2D eigenvalue weighted by Crippen LogP contribution is -2.17. The van der Waals surface area contributed by atoms with Gasteiger partial charge < -0.3 is 0 Å². The summed E-state index contributed by atoms with van der Waals surface area (Å²) >= 11 is 3.28. The van der Waals surface area contributed by atoms with Gasteiger partial charge in [-0.1, -0.05) is 28.1 Å². The van der Waals surface area contributed by atoms with Crippen molar-refractivity contribution in [2.24, 2.45) is 0 Å². The molecule has 1 aliphatic carbocycles. The van der Waals surface area contributed by atoms with Crippen molar-refractivity contribution in [2.75, 3.05) is 5.33 Å². The Morgan fingerprint density at radius 1 is 1.82 bits per heavy atom. The van der Waals surface area contributed by atoms with E-state index in [4.69, 9.17) is 0 Å². The van der Waals surface area contributed by atoms with Crippen molar-refractivity contribution < 1.29 is 4.92 Å². The minimum Gasteiger partial charge on any atom is -0.264 e. The van der Waals surface area contributed by atoms with Crippen LogP contribution in [0.5, 0.6) is 0 Å². The fourth-order valence-corrected chi connectivity index (χ4v) is 1.32. The van der Waals surface area contributed by atoms with Crippen molar-refractivity contribution >= 4 is 15.9 Å². The molecule has 0 bridgehead atoms. The van der Waals surface area contributed by atoms with Gasteiger partial charge in [-0.05, 0) is 11.6 Å². The van der Waals surface area contributed by atoms with Crippen molar-refractivity contribution in [3.63, 3.8) is 0 Å². The van der Waals surface area contributed by atoms with Crippen molar-refractivity contribution in [3.05, 3.63) is 33.9 Å². The Kier molecular flexibility index (Phi) is 2.82. The average Bonchev–Trinajstić information content (AvgIpc) is 2.05. The molecular formula is C7H8BrNO2. The van der Waals surface area contributed by atoms with Gasteiger partial charge in [0.2, 0.25) is 6.04 Å². The van der Waals surface area contributed by atoms with Crippen LogP contribution in [-0.2, 0) is 0 Å². The third kappa shape index (κ3) is 2.15. The number of rotatable bonds is 2. The number of nitro groups is 1. The Hall–Kier alpha value is -0.640. The monoisotopic (exact) mass is 217 g/mol. The van der Waals surface area contributed by atoms with Crippen LogP contribution in [0.4, 0.5) is 0 Å². The second-order valence-corrected chi connectivity index (χ2v) is 2.92. The number of hydrogen-bond donors (Lipinski definition) is 0. The Labute approximate surface area is 73.1 Å². The summed E-state index contributed by atoms with van der Waals surface area (Å²) in [5.41, 5.74) is 1.11. The lowest BCUT2D eigenvalue weighted by Gasteiger charge is -2.07. The smallest absolute Gasteiger partial charge is 0.235 e. The molecule has 1 aliphatic rings. The van der Waals surface area contributed by atoms with Gasteiger partial charge in [-0.2, -0.15) is 0 Å². The molecule has 0 saturated carbocycles. The van der Waals surface area contributed by atoms with Crippen molar-refractivity contribution in [1.29, 1.82) is 0 Å². The summed E-state index contributed by atoms with van der Waals surface area (Å²) < 4.78 is 0. The number of nitrogens with zero attached hydrogens (tertiary/aromatic N) is 1. The predicted octanol–water partition coefficient (Wildman–Crippen LogP) is 1.91. The van der Waals surface area contributed by atoms with Gasteiger partial charge in [-0.15, -0.1) is 0 Å². The van der Waals surface area contributed by atoms with Crippen LogP contribution in [0.15, 0.2) is 23.8 Å². The van der Waals surface area contributed by atoms with Crippen LogP contribution in [0.25, 0.3) is 0 Å². The van der Waals surface area contributed by atoms with E-state index in [0.717, 1.165) is 10.9 Å². The van der Waals surface area contributed by atoms with Gasteiger partial charge in [0.25, 0.3) is 0 Å². The Morgan fingerprint density at radius 3 is 2.91 bits per heavy atom. The zero-order chi connectivity index (χ0) is 8.27. The fraction of sp³-hybridized carbons (Fsp3) is 0.429. The van der Waals surface area contributed by atoms with Gasteiger partial charge in [-0.3, -0.25) is 10.1 Å². The van der Waals surface area contributed by atoms with Crippen LogP contribution in [-0.4, -0.2) is 16.3 Å². The number of allylic oxidation sites excluding steroid dienone is 2. The zero-order valence-corrected chi connectivity index (χ0v) is 7.45. The van der Waals surface area contributed by atoms with Gasteiger partial charge in [0.1, 0.15) is 0 Å². The van der Waals surface area contributed by atoms with E-state index in [-0.39, 0.29) is 4.92 Å². The lowest BCUT2D eigenvalue weighted by atomic mass is 10.1. The molecule has 4 heteroatoms. The molecule has 0 spiro atoms. The van der Waals surface area contributed by atoms with Crippen molar-refractivity contribution in [2.45, 2.75) is 12.5 Å². The molecule has 0 aromatic heterocycles. The summed E-state index contributed by atoms with van der Waals surface area (Å²) in [6, 6.07) is -0.516. The van der Waals surface area contributed by atoms with Gasteiger partial charge in [0.05, 0.1) is 0 Å². The molecule has 1 rings (SSSR count). The zero-order valence-electron chi connectivity index (χ0n) is 5.87. The lowest BCUT2D eigenvalue weighted by molar-refractivity contribution is -0.508. The molecule has 0 aromatic rings. The minimum absolute atomic E-state index is 0.266. The average molecular weight is 218 g/mol. The molecule has 0 N–H and O–H groups in total. The Balaban J connectivity index is 2.57. The van der Waals surface area contributed by atoms with E-state index in [2.05, 4.69) is 15.9 Å². The van der Waals surface area contributed by atoms with Crippen molar-refractivity contribution in [3.8, 4) is 0 Å². The molecule has 11 heavy (non-hydrogen) atoms. The highest BCUT2D eigenvalue weighted by atomic mass is 79.9. The molecule has 1 unspecified atom stereocenters. The third-order valence-corrected chi connectivity index (χ3v) is 2.23. The van der Waals surface area contributed by atoms with Crippen LogP contribution in [0.1, 0.15) is 6.42 Å². The van der Waals surface area contributed by atoms with Gasteiger partial charge in [0.15, 0.2) is 0 Å². The predicted molar refractivity (Wildman–Crippen MR) is 46.4 cm³/mol. The minimum atomic E-state index is -0.516. The number of alkyl halides is 1. The van der Waals surface area contributed by atoms with Crippen LogP contribution < -0.4 is 0 Å². The summed E-state index contributed by atoms with van der Waals surface area (Å²) in [4.78, 5) is 10.00. The van der Waals surface area contributed by atoms with E-state index in [1.807, 2.05) is 6.08 Å². The molecule has 0 heterocycles. The molecule has 0 saturated heterocycles. The highest BCUT2D eigenvalue weighted by Crippen LogP contribution is 2.13. The molecule has 0 aromatic carbocycles. The molecule has 0 amide bonds. The summed E-state index contributed by atoms with van der Waals surface area (Å²) in [5, 5.41) is 11.0. The van der Waals surface area contributed by atoms with Gasteiger partial charge >= 0.3 is 0 Å². The maximum absolute atomic E-state index is 10.3. The second-order valence-electron chi connectivity index (χ2n) is 2.36. The third-order valence-electron chi connectivity index (χ3n) is 1.58. The first-order chi connectivity index (χ1) is 5.24. The molecule has 0 fully saturated rings. The number of halogens is 1. The van der Waals surface area contributed by atoms with E-state index in [1.54, 1.807) is 12.2 Å². The second kappa shape index (κ2) is 3.67. The molecule has 60 valence electrons. The van der Waals surface area contributed by atoms with E-state index < -0.39 is 6.04 Å². The van der Waals surface area contributed by atoms with Gasteiger partial charge in [-0.25, -0.2) is 0 Å². The molecule has 3 nitrogen and oxygen atoms in total. The maximum Gasteiger partial charge on any atom is 0.235 e. The van der Waals surface area contributed by atoms with E-state index >= 15 is 0 Å². The summed E-state index contributed by atoms with van der Waals surface area (Å²) in [6.07, 6.45) is 5.84.